The van der Waals surface area contributed by atoms with E-state index in [0.29, 0.717) is 11.6 Å². The number of anilines is 1. The summed E-state index contributed by atoms with van der Waals surface area (Å²) in [7, 11) is 0. The third-order valence-corrected chi connectivity index (χ3v) is 2.95. The maximum Gasteiger partial charge on any atom is 0.270 e. The lowest BCUT2D eigenvalue weighted by Crippen LogP contribution is -2.13. The molecular formula is C14H10N6O3. The molecule has 23 heavy (non-hydrogen) atoms. The van der Waals surface area contributed by atoms with Crippen LogP contribution in [0.4, 0.5) is 11.4 Å². The Morgan fingerprint density at radius 1 is 1.26 bits per heavy atom. The van der Waals surface area contributed by atoms with Crippen molar-refractivity contribution >= 4 is 17.3 Å². The SMILES string of the molecule is O=C(Nc1cnc(-n2ccnc2)nc1)c1cccc([N+](=O)[O-])c1. The Kier molecular flexibility index (Phi) is 3.75. The molecule has 0 saturated carbocycles. The Bertz CT molecular complexity index is 845. The summed E-state index contributed by atoms with van der Waals surface area (Å²) in [5.41, 5.74) is 0.410. The van der Waals surface area contributed by atoms with Gasteiger partial charge in [-0.1, -0.05) is 6.07 Å². The molecule has 0 aliphatic rings. The molecule has 9 heteroatoms. The maximum absolute atomic E-state index is 12.1. The number of nitro groups is 1. The van der Waals surface area contributed by atoms with E-state index in [1.165, 1.54) is 36.7 Å². The normalized spacial score (nSPS) is 10.3. The summed E-state index contributed by atoms with van der Waals surface area (Å²) in [6.45, 7) is 0. The van der Waals surface area contributed by atoms with Gasteiger partial charge in [-0.3, -0.25) is 19.5 Å². The van der Waals surface area contributed by atoms with E-state index in [1.807, 2.05) is 0 Å². The number of hydrogen-bond acceptors (Lipinski definition) is 6. The van der Waals surface area contributed by atoms with E-state index in [2.05, 4.69) is 20.3 Å². The zero-order chi connectivity index (χ0) is 16.2. The molecule has 114 valence electrons. The highest BCUT2D eigenvalue weighted by atomic mass is 16.6. The van der Waals surface area contributed by atoms with Gasteiger partial charge in [0.2, 0.25) is 5.95 Å². The lowest BCUT2D eigenvalue weighted by molar-refractivity contribution is -0.384. The van der Waals surface area contributed by atoms with Crippen molar-refractivity contribution in [2.45, 2.75) is 0 Å². The van der Waals surface area contributed by atoms with Crippen LogP contribution >= 0.6 is 0 Å². The summed E-state index contributed by atoms with van der Waals surface area (Å²) in [6.07, 6.45) is 7.73. The monoisotopic (exact) mass is 310 g/mol. The average molecular weight is 310 g/mol. The van der Waals surface area contributed by atoms with Crippen molar-refractivity contribution in [3.63, 3.8) is 0 Å². The van der Waals surface area contributed by atoms with Gasteiger partial charge in [0.25, 0.3) is 11.6 Å². The average Bonchev–Trinajstić information content (AvgIpc) is 3.10. The third-order valence-electron chi connectivity index (χ3n) is 2.95. The topological polar surface area (TPSA) is 116 Å². The molecule has 1 N–H and O–H groups in total. The number of aromatic nitrogens is 4. The molecule has 3 rings (SSSR count). The predicted molar refractivity (Wildman–Crippen MR) is 80.2 cm³/mol. The molecule has 1 aromatic carbocycles. The van der Waals surface area contributed by atoms with E-state index in [-0.39, 0.29) is 11.3 Å². The van der Waals surface area contributed by atoms with Crippen molar-refractivity contribution < 1.29 is 9.72 Å². The molecule has 2 heterocycles. The van der Waals surface area contributed by atoms with Gasteiger partial charge >= 0.3 is 0 Å². The summed E-state index contributed by atoms with van der Waals surface area (Å²) in [5, 5.41) is 13.3. The highest BCUT2D eigenvalue weighted by molar-refractivity contribution is 6.04. The Balaban J connectivity index is 1.75. The molecule has 0 aliphatic heterocycles. The number of nitrogens with zero attached hydrogens (tertiary/aromatic N) is 5. The van der Waals surface area contributed by atoms with Crippen LogP contribution in [0.25, 0.3) is 5.95 Å². The van der Waals surface area contributed by atoms with Gasteiger partial charge in [0.15, 0.2) is 0 Å². The second-order valence-electron chi connectivity index (χ2n) is 4.50. The van der Waals surface area contributed by atoms with E-state index in [0.717, 1.165) is 0 Å². The van der Waals surface area contributed by atoms with Crippen LogP contribution in [0.3, 0.4) is 0 Å². The van der Waals surface area contributed by atoms with Crippen LogP contribution in [0.15, 0.2) is 55.4 Å². The minimum absolute atomic E-state index is 0.149. The molecule has 0 unspecified atom stereocenters. The summed E-state index contributed by atoms with van der Waals surface area (Å²) in [5.74, 6) is -0.0662. The van der Waals surface area contributed by atoms with Crippen molar-refractivity contribution in [3.05, 3.63) is 71.1 Å². The zero-order valence-corrected chi connectivity index (χ0v) is 11.7. The van der Waals surface area contributed by atoms with Gasteiger partial charge in [-0.05, 0) is 6.07 Å². The summed E-state index contributed by atoms with van der Waals surface area (Å²) >= 11 is 0. The van der Waals surface area contributed by atoms with Crippen LogP contribution in [0.5, 0.6) is 0 Å². The lowest BCUT2D eigenvalue weighted by atomic mass is 10.2. The van der Waals surface area contributed by atoms with Crippen LogP contribution in [0.1, 0.15) is 10.4 Å². The van der Waals surface area contributed by atoms with Gasteiger partial charge in [-0.2, -0.15) is 0 Å². The highest BCUT2D eigenvalue weighted by Crippen LogP contribution is 2.15. The molecule has 2 aromatic heterocycles. The molecule has 0 aliphatic carbocycles. The van der Waals surface area contributed by atoms with Crippen LogP contribution in [0, 0.1) is 10.1 Å². The number of non-ortho nitro benzene ring substituents is 1. The number of carbonyl (C=O) groups is 1. The van der Waals surface area contributed by atoms with Gasteiger partial charge < -0.3 is 5.32 Å². The molecule has 3 aromatic rings. The number of amides is 1. The number of nitrogens with one attached hydrogen (secondary N) is 1. The molecule has 0 bridgehead atoms. The van der Waals surface area contributed by atoms with Crippen molar-refractivity contribution in [2.75, 3.05) is 5.32 Å². The van der Waals surface area contributed by atoms with Gasteiger partial charge in [-0.25, -0.2) is 15.0 Å². The predicted octanol–water partition coefficient (Wildman–Crippen LogP) is 1.82. The smallest absolute Gasteiger partial charge is 0.270 e. The Hall–Kier alpha value is -3.62. The van der Waals surface area contributed by atoms with Crippen LogP contribution in [0.2, 0.25) is 0 Å². The molecule has 0 atom stereocenters. The molecular weight excluding hydrogens is 300 g/mol. The van der Waals surface area contributed by atoms with Crippen molar-refractivity contribution in [2.24, 2.45) is 0 Å². The summed E-state index contributed by atoms with van der Waals surface area (Å²) < 4.78 is 1.62. The third kappa shape index (κ3) is 3.18. The fourth-order valence-corrected chi connectivity index (χ4v) is 1.86. The molecule has 0 spiro atoms. The fraction of sp³-hybridized carbons (Fsp3) is 0. The number of carbonyl (C=O) groups excluding carboxylic acids is 1. The van der Waals surface area contributed by atoms with E-state index in [1.54, 1.807) is 23.3 Å². The van der Waals surface area contributed by atoms with Crippen molar-refractivity contribution in [1.29, 1.82) is 0 Å². The summed E-state index contributed by atoms with van der Waals surface area (Å²) in [4.78, 5) is 34.4. The van der Waals surface area contributed by atoms with Crippen LogP contribution in [-0.4, -0.2) is 30.3 Å². The van der Waals surface area contributed by atoms with E-state index >= 15 is 0 Å². The number of nitro benzene ring substituents is 1. The first-order chi connectivity index (χ1) is 11.1. The standard InChI is InChI=1S/C14H10N6O3/c21-13(10-2-1-3-12(6-10)20(22)23)18-11-7-16-14(17-8-11)19-5-4-15-9-19/h1-9H,(H,18,21). The number of benzene rings is 1. The van der Waals surface area contributed by atoms with Crippen LogP contribution in [-0.2, 0) is 0 Å². The number of rotatable bonds is 4. The quantitative estimate of drug-likeness (QED) is 0.580. The first-order valence-corrected chi connectivity index (χ1v) is 6.49. The molecule has 0 saturated heterocycles. The van der Waals surface area contributed by atoms with Gasteiger partial charge in [0.05, 0.1) is 23.0 Å². The van der Waals surface area contributed by atoms with E-state index in [9.17, 15) is 14.9 Å². The second kappa shape index (κ2) is 6.02. The number of hydrogen-bond donors (Lipinski definition) is 1. The molecule has 0 fully saturated rings. The van der Waals surface area contributed by atoms with E-state index in [4.69, 9.17) is 0 Å². The Morgan fingerprint density at radius 2 is 2.04 bits per heavy atom. The van der Waals surface area contributed by atoms with Gasteiger partial charge in [0.1, 0.15) is 6.33 Å². The lowest BCUT2D eigenvalue weighted by Gasteiger charge is -2.05. The molecule has 9 nitrogen and oxygen atoms in total. The summed E-state index contributed by atoms with van der Waals surface area (Å²) in [6, 6.07) is 5.46. The Morgan fingerprint density at radius 3 is 2.70 bits per heavy atom. The van der Waals surface area contributed by atoms with Crippen molar-refractivity contribution in [1.82, 2.24) is 19.5 Å². The number of imidazole rings is 1. The first kappa shape index (κ1) is 14.3. The second-order valence-corrected chi connectivity index (χ2v) is 4.50. The molecule has 0 radical (unpaired) electrons. The molecule has 1 amide bonds. The highest BCUT2D eigenvalue weighted by Gasteiger charge is 2.12. The van der Waals surface area contributed by atoms with Gasteiger partial charge in [-0.15, -0.1) is 0 Å². The van der Waals surface area contributed by atoms with E-state index < -0.39 is 10.8 Å². The first-order valence-electron chi connectivity index (χ1n) is 6.49. The largest absolute Gasteiger partial charge is 0.319 e. The van der Waals surface area contributed by atoms with Gasteiger partial charge in [0, 0.05) is 30.1 Å². The van der Waals surface area contributed by atoms with Crippen molar-refractivity contribution in [3.8, 4) is 5.95 Å². The van der Waals surface area contributed by atoms with Crippen LogP contribution < -0.4 is 5.32 Å². The zero-order valence-electron chi connectivity index (χ0n) is 11.7. The minimum atomic E-state index is -0.556. The maximum atomic E-state index is 12.1. The fourth-order valence-electron chi connectivity index (χ4n) is 1.86. The minimum Gasteiger partial charge on any atom is -0.319 e. The Labute approximate surface area is 129 Å².